The van der Waals surface area contributed by atoms with Gasteiger partial charge < -0.3 is 15.4 Å². The van der Waals surface area contributed by atoms with E-state index in [1.807, 2.05) is 6.92 Å². The number of guanidine groups is 1. The molecule has 0 aromatic heterocycles. The van der Waals surface area contributed by atoms with Crippen molar-refractivity contribution in [1.29, 1.82) is 0 Å². The summed E-state index contributed by atoms with van der Waals surface area (Å²) in [6.45, 7) is 5.80. The molecule has 0 spiro atoms. The van der Waals surface area contributed by atoms with E-state index in [9.17, 15) is 8.42 Å². The second-order valence-corrected chi connectivity index (χ2v) is 5.89. The Bertz CT molecular complexity index is 320. The van der Waals surface area contributed by atoms with Crippen molar-refractivity contribution in [2.45, 2.75) is 13.8 Å². The van der Waals surface area contributed by atoms with Gasteiger partial charge in [-0.15, -0.1) is 24.0 Å². The van der Waals surface area contributed by atoms with Crippen LogP contribution in [0.15, 0.2) is 4.99 Å². The highest BCUT2D eigenvalue weighted by Crippen LogP contribution is 1.87. The van der Waals surface area contributed by atoms with Crippen LogP contribution >= 0.6 is 24.0 Å². The van der Waals surface area contributed by atoms with Gasteiger partial charge in [0.15, 0.2) is 15.8 Å². The molecule has 0 aliphatic heterocycles. The van der Waals surface area contributed by atoms with Crippen molar-refractivity contribution >= 4 is 39.8 Å². The molecule has 0 radical (unpaired) electrons. The fourth-order valence-corrected chi connectivity index (χ4v) is 1.76. The first-order valence-corrected chi connectivity index (χ1v) is 7.59. The molecule has 0 aliphatic rings. The molecule has 0 heterocycles. The lowest BCUT2D eigenvalue weighted by Gasteiger charge is -2.10. The van der Waals surface area contributed by atoms with Gasteiger partial charge in [-0.05, 0) is 6.92 Å². The van der Waals surface area contributed by atoms with Crippen molar-refractivity contribution in [2.24, 2.45) is 4.99 Å². The van der Waals surface area contributed by atoms with Crippen LogP contribution in [0.1, 0.15) is 13.8 Å². The zero-order chi connectivity index (χ0) is 13.1. The van der Waals surface area contributed by atoms with Gasteiger partial charge in [0.05, 0.1) is 18.9 Å². The van der Waals surface area contributed by atoms with Crippen LogP contribution in [0.2, 0.25) is 0 Å². The molecule has 110 valence electrons. The van der Waals surface area contributed by atoms with E-state index < -0.39 is 9.84 Å². The molecule has 18 heavy (non-hydrogen) atoms. The Morgan fingerprint density at radius 2 is 1.94 bits per heavy atom. The topological polar surface area (TPSA) is 79.8 Å². The van der Waals surface area contributed by atoms with Crippen LogP contribution in [0.25, 0.3) is 0 Å². The van der Waals surface area contributed by atoms with Gasteiger partial charge >= 0.3 is 0 Å². The van der Waals surface area contributed by atoms with Crippen LogP contribution in [-0.4, -0.2) is 59.2 Å². The molecule has 0 saturated heterocycles. The molecule has 0 aromatic carbocycles. The van der Waals surface area contributed by atoms with Gasteiger partial charge in [0, 0.05) is 26.0 Å². The van der Waals surface area contributed by atoms with Crippen molar-refractivity contribution in [2.75, 3.05) is 44.9 Å². The van der Waals surface area contributed by atoms with Crippen molar-refractivity contribution in [1.82, 2.24) is 10.6 Å². The molecule has 0 aliphatic carbocycles. The number of sulfone groups is 1. The number of hydrogen-bond donors (Lipinski definition) is 2. The minimum atomic E-state index is -2.93. The number of rotatable bonds is 8. The third-order valence-corrected chi connectivity index (χ3v) is 3.76. The molecular formula is C10H24IN3O3S. The van der Waals surface area contributed by atoms with Gasteiger partial charge in [-0.1, -0.05) is 6.92 Å². The van der Waals surface area contributed by atoms with E-state index in [2.05, 4.69) is 15.6 Å². The Balaban J connectivity index is 0. The number of halogens is 1. The summed E-state index contributed by atoms with van der Waals surface area (Å²) < 4.78 is 27.4. The summed E-state index contributed by atoms with van der Waals surface area (Å²) in [6, 6.07) is 0. The summed E-state index contributed by atoms with van der Waals surface area (Å²) >= 11 is 0. The Hall–Kier alpha value is -0.0900. The van der Waals surface area contributed by atoms with Crippen LogP contribution in [0.5, 0.6) is 0 Å². The average Bonchev–Trinajstić information content (AvgIpc) is 2.29. The zero-order valence-corrected chi connectivity index (χ0v) is 14.4. The van der Waals surface area contributed by atoms with Gasteiger partial charge in [-0.3, -0.25) is 4.99 Å². The molecular weight excluding hydrogens is 369 g/mol. The summed E-state index contributed by atoms with van der Waals surface area (Å²) in [5.74, 6) is 0.917. The maximum Gasteiger partial charge on any atom is 0.191 e. The fourth-order valence-electron chi connectivity index (χ4n) is 1.06. The van der Waals surface area contributed by atoms with E-state index in [4.69, 9.17) is 4.74 Å². The lowest BCUT2D eigenvalue weighted by molar-refractivity contribution is 0.208. The molecule has 0 bridgehead atoms. The summed E-state index contributed by atoms with van der Waals surface area (Å²) in [6.07, 6.45) is 0. The number of aliphatic imine (C=N–C) groups is 1. The summed E-state index contributed by atoms with van der Waals surface area (Å²) in [5.41, 5.74) is 0. The van der Waals surface area contributed by atoms with Crippen LogP contribution in [0, 0.1) is 0 Å². The van der Waals surface area contributed by atoms with E-state index >= 15 is 0 Å². The van der Waals surface area contributed by atoms with Gasteiger partial charge in [-0.25, -0.2) is 8.42 Å². The lowest BCUT2D eigenvalue weighted by atomic mass is 10.6. The van der Waals surface area contributed by atoms with E-state index in [1.165, 1.54) is 0 Å². The number of nitrogens with one attached hydrogen (secondary N) is 2. The number of hydrogen-bond acceptors (Lipinski definition) is 4. The molecule has 0 saturated carbocycles. The van der Waals surface area contributed by atoms with Gasteiger partial charge in [0.25, 0.3) is 0 Å². The van der Waals surface area contributed by atoms with Crippen molar-refractivity contribution in [3.05, 3.63) is 0 Å². The highest BCUT2D eigenvalue weighted by molar-refractivity contribution is 14.0. The van der Waals surface area contributed by atoms with Crippen LogP contribution in [0.4, 0.5) is 0 Å². The molecule has 2 N–H and O–H groups in total. The minimum Gasteiger partial charge on any atom is -0.383 e. The van der Waals surface area contributed by atoms with Crippen molar-refractivity contribution in [3.63, 3.8) is 0 Å². The Kier molecular flexibility index (Phi) is 13.5. The Labute approximate surface area is 127 Å². The van der Waals surface area contributed by atoms with Gasteiger partial charge in [-0.2, -0.15) is 0 Å². The van der Waals surface area contributed by atoms with Gasteiger partial charge in [0.1, 0.15) is 0 Å². The summed E-state index contributed by atoms with van der Waals surface area (Å²) in [5, 5.41) is 6.01. The van der Waals surface area contributed by atoms with E-state index in [1.54, 1.807) is 14.0 Å². The van der Waals surface area contributed by atoms with Gasteiger partial charge in [0.2, 0.25) is 0 Å². The first-order valence-electron chi connectivity index (χ1n) is 5.77. The number of ether oxygens (including phenoxy) is 1. The SMILES string of the molecule is CCNC(=NCCOC)NCCS(=O)(=O)CC.I. The standard InChI is InChI=1S/C10H23N3O3S.HI/c1-4-11-10(12-6-8-16-3)13-7-9-17(14,15)5-2;/h4-9H2,1-3H3,(H2,11,12,13);1H. The first kappa shape index (κ1) is 20.2. The Morgan fingerprint density at radius 1 is 1.28 bits per heavy atom. The van der Waals surface area contributed by atoms with Crippen molar-refractivity contribution < 1.29 is 13.2 Å². The maximum atomic E-state index is 11.3. The predicted molar refractivity (Wildman–Crippen MR) is 85.6 cm³/mol. The maximum absolute atomic E-state index is 11.3. The van der Waals surface area contributed by atoms with E-state index in [0.29, 0.717) is 25.7 Å². The molecule has 0 unspecified atom stereocenters. The quantitative estimate of drug-likeness (QED) is 0.267. The molecule has 0 aromatic rings. The molecule has 6 nitrogen and oxygen atoms in total. The van der Waals surface area contributed by atoms with E-state index in [-0.39, 0.29) is 35.5 Å². The second kappa shape index (κ2) is 12.0. The van der Waals surface area contributed by atoms with Crippen LogP contribution < -0.4 is 10.6 Å². The molecule has 0 atom stereocenters. The Morgan fingerprint density at radius 3 is 2.44 bits per heavy atom. The number of methoxy groups -OCH3 is 1. The monoisotopic (exact) mass is 393 g/mol. The highest BCUT2D eigenvalue weighted by atomic mass is 127. The highest BCUT2D eigenvalue weighted by Gasteiger charge is 2.06. The molecule has 0 rings (SSSR count). The third kappa shape index (κ3) is 11.0. The minimum absolute atomic E-state index is 0. The number of nitrogens with zero attached hydrogens (tertiary/aromatic N) is 1. The largest absolute Gasteiger partial charge is 0.383 e. The van der Waals surface area contributed by atoms with Crippen LogP contribution in [0.3, 0.4) is 0 Å². The molecule has 0 fully saturated rings. The van der Waals surface area contributed by atoms with E-state index in [0.717, 1.165) is 6.54 Å². The van der Waals surface area contributed by atoms with Crippen molar-refractivity contribution in [3.8, 4) is 0 Å². The normalized spacial score (nSPS) is 11.8. The summed E-state index contributed by atoms with van der Waals surface area (Å²) in [4.78, 5) is 4.22. The zero-order valence-electron chi connectivity index (χ0n) is 11.2. The smallest absolute Gasteiger partial charge is 0.191 e. The third-order valence-electron chi connectivity index (χ3n) is 2.05. The predicted octanol–water partition coefficient (Wildman–Crippen LogP) is 0.241. The average molecular weight is 393 g/mol. The first-order chi connectivity index (χ1) is 8.05. The molecule has 8 heteroatoms. The summed E-state index contributed by atoms with van der Waals surface area (Å²) in [7, 11) is -1.31. The second-order valence-electron chi connectivity index (χ2n) is 3.42. The lowest BCUT2D eigenvalue weighted by Crippen LogP contribution is -2.40. The molecule has 0 amide bonds. The van der Waals surface area contributed by atoms with Crippen LogP contribution in [-0.2, 0) is 14.6 Å². The fraction of sp³-hybridized carbons (Fsp3) is 0.900.